The number of likely N-dealkylation sites (N-methyl/N-ethyl adjacent to an activating group) is 1. The van der Waals surface area contributed by atoms with Crippen LogP contribution in [-0.4, -0.2) is 42.0 Å². The molecule has 1 aliphatic heterocycles. The van der Waals surface area contributed by atoms with Crippen molar-refractivity contribution in [2.24, 2.45) is 0 Å². The molecule has 1 N–H and O–H groups in total. The first kappa shape index (κ1) is 12.0. The van der Waals surface area contributed by atoms with E-state index in [1.54, 1.807) is 12.4 Å². The number of carbonyl (C=O) groups is 1. The van der Waals surface area contributed by atoms with Gasteiger partial charge in [-0.05, 0) is 43.5 Å². The fourth-order valence-electron chi connectivity index (χ4n) is 2.12. The van der Waals surface area contributed by atoms with Gasteiger partial charge >= 0.3 is 0 Å². The van der Waals surface area contributed by atoms with Crippen LogP contribution < -0.4 is 5.32 Å². The lowest BCUT2D eigenvalue weighted by Crippen LogP contribution is -2.42. The lowest BCUT2D eigenvalue weighted by molar-refractivity contribution is -0.131. The Morgan fingerprint density at radius 3 is 2.94 bits per heavy atom. The SMILES string of the molecule is CN(CCc1ccncc1)C(=O)[C@H]1CCCN1. The van der Waals surface area contributed by atoms with Gasteiger partial charge in [-0.3, -0.25) is 9.78 Å². The van der Waals surface area contributed by atoms with Crippen LogP contribution in [0.1, 0.15) is 18.4 Å². The van der Waals surface area contributed by atoms with E-state index < -0.39 is 0 Å². The van der Waals surface area contributed by atoms with Crippen LogP contribution in [0.3, 0.4) is 0 Å². The van der Waals surface area contributed by atoms with E-state index in [9.17, 15) is 4.79 Å². The highest BCUT2D eigenvalue weighted by atomic mass is 16.2. The molecule has 0 bridgehead atoms. The van der Waals surface area contributed by atoms with Gasteiger partial charge in [0.1, 0.15) is 0 Å². The van der Waals surface area contributed by atoms with Gasteiger partial charge in [0, 0.05) is 26.0 Å². The zero-order chi connectivity index (χ0) is 12.1. The molecule has 17 heavy (non-hydrogen) atoms. The Bertz CT molecular complexity index is 360. The van der Waals surface area contributed by atoms with E-state index in [1.165, 1.54) is 5.56 Å². The Hall–Kier alpha value is -1.42. The largest absolute Gasteiger partial charge is 0.344 e. The Kier molecular flexibility index (Phi) is 4.09. The van der Waals surface area contributed by atoms with Gasteiger partial charge in [-0.1, -0.05) is 0 Å². The molecule has 1 aromatic heterocycles. The first-order valence-electron chi connectivity index (χ1n) is 6.14. The second kappa shape index (κ2) is 5.77. The molecule has 0 radical (unpaired) electrons. The van der Waals surface area contributed by atoms with Crippen molar-refractivity contribution in [3.05, 3.63) is 30.1 Å². The quantitative estimate of drug-likeness (QED) is 0.838. The van der Waals surface area contributed by atoms with E-state index in [0.717, 1.165) is 32.4 Å². The maximum Gasteiger partial charge on any atom is 0.239 e. The molecular formula is C13H19N3O. The van der Waals surface area contributed by atoms with Crippen LogP contribution in [0.2, 0.25) is 0 Å². The Morgan fingerprint density at radius 1 is 1.53 bits per heavy atom. The molecule has 0 spiro atoms. The molecule has 1 aromatic rings. The maximum absolute atomic E-state index is 12.0. The number of nitrogens with zero attached hydrogens (tertiary/aromatic N) is 2. The van der Waals surface area contributed by atoms with Crippen molar-refractivity contribution in [2.75, 3.05) is 20.1 Å². The van der Waals surface area contributed by atoms with E-state index >= 15 is 0 Å². The van der Waals surface area contributed by atoms with Gasteiger partial charge < -0.3 is 10.2 Å². The van der Waals surface area contributed by atoms with Crippen LogP contribution in [0.4, 0.5) is 0 Å². The van der Waals surface area contributed by atoms with Crippen molar-refractivity contribution in [3.8, 4) is 0 Å². The van der Waals surface area contributed by atoms with Crippen LogP contribution in [0, 0.1) is 0 Å². The molecule has 2 heterocycles. The number of hydrogen-bond donors (Lipinski definition) is 1. The molecule has 1 amide bonds. The van der Waals surface area contributed by atoms with Crippen LogP contribution in [0.15, 0.2) is 24.5 Å². The topological polar surface area (TPSA) is 45.2 Å². The van der Waals surface area contributed by atoms with E-state index in [1.807, 2.05) is 24.1 Å². The second-order valence-electron chi connectivity index (χ2n) is 4.51. The minimum absolute atomic E-state index is 0.0393. The van der Waals surface area contributed by atoms with Gasteiger partial charge in [-0.25, -0.2) is 0 Å². The fourth-order valence-corrected chi connectivity index (χ4v) is 2.12. The summed E-state index contributed by atoms with van der Waals surface area (Å²) in [6, 6.07) is 4.02. The lowest BCUT2D eigenvalue weighted by Gasteiger charge is -2.21. The van der Waals surface area contributed by atoms with Crippen molar-refractivity contribution >= 4 is 5.91 Å². The van der Waals surface area contributed by atoms with Crippen LogP contribution in [0.25, 0.3) is 0 Å². The third-order valence-corrected chi connectivity index (χ3v) is 3.22. The van der Waals surface area contributed by atoms with E-state index in [-0.39, 0.29) is 11.9 Å². The number of nitrogens with one attached hydrogen (secondary N) is 1. The van der Waals surface area contributed by atoms with Crippen molar-refractivity contribution in [3.63, 3.8) is 0 Å². The fraction of sp³-hybridized carbons (Fsp3) is 0.538. The normalized spacial score (nSPS) is 19.2. The lowest BCUT2D eigenvalue weighted by atomic mass is 10.1. The number of aromatic nitrogens is 1. The van der Waals surface area contributed by atoms with Crippen LogP contribution in [-0.2, 0) is 11.2 Å². The first-order valence-corrected chi connectivity index (χ1v) is 6.14. The highest BCUT2D eigenvalue weighted by molar-refractivity contribution is 5.81. The summed E-state index contributed by atoms with van der Waals surface area (Å²) in [5, 5.41) is 3.23. The number of carbonyl (C=O) groups excluding carboxylic acids is 1. The predicted octanol–water partition coefficient (Wildman–Crippen LogP) is 0.834. The molecule has 4 heteroatoms. The number of pyridine rings is 1. The summed E-state index contributed by atoms with van der Waals surface area (Å²) in [6.07, 6.45) is 6.54. The molecule has 1 atom stereocenters. The summed E-state index contributed by atoms with van der Waals surface area (Å²) in [6.45, 7) is 1.73. The summed E-state index contributed by atoms with van der Waals surface area (Å²) in [4.78, 5) is 17.8. The molecule has 0 unspecified atom stereocenters. The zero-order valence-electron chi connectivity index (χ0n) is 10.2. The van der Waals surface area contributed by atoms with Crippen molar-refractivity contribution < 1.29 is 4.79 Å². The van der Waals surface area contributed by atoms with Gasteiger partial charge in [0.25, 0.3) is 0 Å². The third-order valence-electron chi connectivity index (χ3n) is 3.22. The summed E-state index contributed by atoms with van der Waals surface area (Å²) in [5.41, 5.74) is 1.22. The minimum Gasteiger partial charge on any atom is -0.344 e. The van der Waals surface area contributed by atoms with Gasteiger partial charge in [0.05, 0.1) is 6.04 Å². The molecule has 2 rings (SSSR count). The second-order valence-corrected chi connectivity index (χ2v) is 4.51. The number of amides is 1. The molecule has 1 aliphatic rings. The minimum atomic E-state index is 0.0393. The Labute approximate surface area is 102 Å². The summed E-state index contributed by atoms with van der Waals surface area (Å²) < 4.78 is 0. The Morgan fingerprint density at radius 2 is 2.29 bits per heavy atom. The van der Waals surface area contributed by atoms with Crippen molar-refractivity contribution in [1.29, 1.82) is 0 Å². The molecule has 0 saturated carbocycles. The molecule has 1 saturated heterocycles. The number of hydrogen-bond acceptors (Lipinski definition) is 3. The van der Waals surface area contributed by atoms with Gasteiger partial charge in [0.15, 0.2) is 0 Å². The molecule has 0 aliphatic carbocycles. The monoisotopic (exact) mass is 233 g/mol. The average molecular weight is 233 g/mol. The highest BCUT2D eigenvalue weighted by Gasteiger charge is 2.24. The number of rotatable bonds is 4. The zero-order valence-corrected chi connectivity index (χ0v) is 10.2. The third kappa shape index (κ3) is 3.27. The van der Waals surface area contributed by atoms with E-state index in [4.69, 9.17) is 0 Å². The molecule has 1 fully saturated rings. The molecular weight excluding hydrogens is 214 g/mol. The Balaban J connectivity index is 1.80. The molecule has 0 aromatic carbocycles. The van der Waals surface area contributed by atoms with E-state index in [0.29, 0.717) is 0 Å². The highest BCUT2D eigenvalue weighted by Crippen LogP contribution is 2.08. The van der Waals surface area contributed by atoms with Crippen LogP contribution >= 0.6 is 0 Å². The average Bonchev–Trinajstić information content (AvgIpc) is 2.90. The first-order chi connectivity index (χ1) is 8.27. The van der Waals surface area contributed by atoms with Gasteiger partial charge in [-0.2, -0.15) is 0 Å². The predicted molar refractivity (Wildman–Crippen MR) is 66.6 cm³/mol. The molecule has 4 nitrogen and oxygen atoms in total. The summed E-state index contributed by atoms with van der Waals surface area (Å²) in [5.74, 6) is 0.219. The molecule has 92 valence electrons. The van der Waals surface area contributed by atoms with Crippen LogP contribution in [0.5, 0.6) is 0 Å². The van der Waals surface area contributed by atoms with Gasteiger partial charge in [-0.15, -0.1) is 0 Å². The van der Waals surface area contributed by atoms with E-state index in [2.05, 4.69) is 10.3 Å². The summed E-state index contributed by atoms with van der Waals surface area (Å²) in [7, 11) is 1.88. The van der Waals surface area contributed by atoms with Crippen molar-refractivity contribution in [2.45, 2.75) is 25.3 Å². The maximum atomic E-state index is 12.0. The smallest absolute Gasteiger partial charge is 0.239 e. The van der Waals surface area contributed by atoms with Crippen molar-refractivity contribution in [1.82, 2.24) is 15.2 Å². The standard InChI is InChI=1S/C13H19N3O/c1-16(13(17)12-3-2-7-15-12)10-6-11-4-8-14-9-5-11/h4-5,8-9,12,15H,2-3,6-7,10H2,1H3/t12-/m1/s1. The van der Waals surface area contributed by atoms with Gasteiger partial charge in [0.2, 0.25) is 5.91 Å². The summed E-state index contributed by atoms with van der Waals surface area (Å²) >= 11 is 0.